The highest BCUT2D eigenvalue weighted by molar-refractivity contribution is 5.97. The van der Waals surface area contributed by atoms with Gasteiger partial charge in [-0.3, -0.25) is 14.2 Å². The third-order valence-electron chi connectivity index (χ3n) is 4.73. The molecule has 0 saturated heterocycles. The number of allylic oxidation sites excluding steroid dienone is 3. The number of hydrogen-bond donors (Lipinski definition) is 1. The largest absolute Gasteiger partial charge is 0.341 e. The highest BCUT2D eigenvalue weighted by atomic mass is 16.1. The first-order valence-corrected chi connectivity index (χ1v) is 9.88. The van der Waals surface area contributed by atoms with Crippen molar-refractivity contribution >= 4 is 22.6 Å². The van der Waals surface area contributed by atoms with Crippen LogP contribution >= 0.6 is 0 Å². The van der Waals surface area contributed by atoms with E-state index in [9.17, 15) is 9.59 Å². The lowest BCUT2D eigenvalue weighted by atomic mass is 10.1. The number of Topliss-reactive ketones (excluding diaryl/α,β-unsaturated/α-hetero) is 1. The summed E-state index contributed by atoms with van der Waals surface area (Å²) in [4.78, 5) is 30.2. The normalized spacial score (nSPS) is 11.3. The summed E-state index contributed by atoms with van der Waals surface area (Å²) in [5.74, 6) is 0.491. The smallest absolute Gasteiger partial charge is 0.193 e. The molecule has 2 heterocycles. The second-order valence-electron chi connectivity index (χ2n) is 6.95. The van der Waals surface area contributed by atoms with E-state index in [1.165, 1.54) is 6.07 Å². The standard InChI is InChI=1S/C25H25N3O2/c1-5-11-18(7-3)26-23-16-22(30)24-17(4)15-20(21(29)12-6-2)27-25(24)28(23)19-13-9-8-10-14-19/h5,7-11,13-16,26H,1,3,6,12H2,2,4H3/b18-11+. The van der Waals surface area contributed by atoms with Gasteiger partial charge in [-0.2, -0.15) is 0 Å². The maximum absolute atomic E-state index is 13.0. The van der Waals surface area contributed by atoms with Gasteiger partial charge in [0.2, 0.25) is 0 Å². The van der Waals surface area contributed by atoms with E-state index >= 15 is 0 Å². The molecule has 152 valence electrons. The second-order valence-corrected chi connectivity index (χ2v) is 6.95. The number of carbonyl (C=O) groups is 1. The van der Waals surface area contributed by atoms with Crippen molar-refractivity contribution in [3.63, 3.8) is 0 Å². The average molecular weight is 399 g/mol. The number of anilines is 1. The summed E-state index contributed by atoms with van der Waals surface area (Å²) in [5.41, 5.74) is 2.88. The highest BCUT2D eigenvalue weighted by Crippen LogP contribution is 2.25. The summed E-state index contributed by atoms with van der Waals surface area (Å²) in [6, 6.07) is 12.8. The fourth-order valence-electron chi connectivity index (χ4n) is 3.36. The molecule has 30 heavy (non-hydrogen) atoms. The number of hydrogen-bond acceptors (Lipinski definition) is 4. The van der Waals surface area contributed by atoms with Crippen LogP contribution in [0.1, 0.15) is 35.8 Å². The zero-order valence-corrected chi connectivity index (χ0v) is 17.3. The minimum Gasteiger partial charge on any atom is -0.341 e. The van der Waals surface area contributed by atoms with E-state index in [0.29, 0.717) is 34.7 Å². The molecule has 0 aliphatic heterocycles. The van der Waals surface area contributed by atoms with E-state index in [1.54, 1.807) is 24.3 Å². The van der Waals surface area contributed by atoms with Crippen LogP contribution in [0, 0.1) is 6.92 Å². The number of benzene rings is 1. The van der Waals surface area contributed by atoms with E-state index < -0.39 is 0 Å². The number of ketones is 1. The fraction of sp³-hybridized carbons (Fsp3) is 0.160. The number of para-hydroxylation sites is 1. The Morgan fingerprint density at radius 1 is 1.20 bits per heavy atom. The van der Waals surface area contributed by atoms with Crippen LogP contribution in [0.15, 0.2) is 84.3 Å². The number of rotatable bonds is 8. The Labute approximate surface area is 176 Å². The van der Waals surface area contributed by atoms with Gasteiger partial charge in [0.15, 0.2) is 16.9 Å². The van der Waals surface area contributed by atoms with E-state index in [1.807, 2.05) is 48.7 Å². The summed E-state index contributed by atoms with van der Waals surface area (Å²) >= 11 is 0. The van der Waals surface area contributed by atoms with Crippen molar-refractivity contribution in [2.75, 3.05) is 5.32 Å². The monoisotopic (exact) mass is 399 g/mol. The van der Waals surface area contributed by atoms with Gasteiger partial charge in [0.25, 0.3) is 0 Å². The molecule has 2 aromatic heterocycles. The van der Waals surface area contributed by atoms with Gasteiger partial charge in [-0.05, 0) is 49.3 Å². The van der Waals surface area contributed by atoms with Crippen LogP contribution in [0.3, 0.4) is 0 Å². The molecule has 0 spiro atoms. The zero-order valence-electron chi connectivity index (χ0n) is 17.3. The first-order valence-electron chi connectivity index (χ1n) is 9.88. The third-order valence-corrected chi connectivity index (χ3v) is 4.73. The third kappa shape index (κ3) is 4.15. The maximum atomic E-state index is 13.0. The van der Waals surface area contributed by atoms with E-state index in [-0.39, 0.29) is 11.2 Å². The molecular formula is C25H25N3O2. The Morgan fingerprint density at radius 2 is 1.93 bits per heavy atom. The van der Waals surface area contributed by atoms with Crippen molar-refractivity contribution in [2.24, 2.45) is 0 Å². The molecule has 0 atom stereocenters. The Bertz CT molecular complexity index is 1200. The molecule has 0 aliphatic carbocycles. The minimum atomic E-state index is -0.166. The van der Waals surface area contributed by atoms with Crippen LogP contribution in [0.4, 0.5) is 5.82 Å². The number of fused-ring (bicyclic) bond motifs is 1. The van der Waals surface area contributed by atoms with Crippen LogP contribution in [0.2, 0.25) is 0 Å². The maximum Gasteiger partial charge on any atom is 0.193 e. The quantitative estimate of drug-likeness (QED) is 0.410. The predicted octanol–water partition coefficient (Wildman–Crippen LogP) is 5.34. The van der Waals surface area contributed by atoms with Crippen LogP contribution in [-0.2, 0) is 0 Å². The molecule has 1 N–H and O–H groups in total. The van der Waals surface area contributed by atoms with Crippen molar-refractivity contribution in [2.45, 2.75) is 26.7 Å². The van der Waals surface area contributed by atoms with Gasteiger partial charge in [0.1, 0.15) is 11.5 Å². The Hall–Kier alpha value is -3.73. The van der Waals surface area contributed by atoms with E-state index in [4.69, 9.17) is 0 Å². The van der Waals surface area contributed by atoms with Gasteiger partial charge >= 0.3 is 0 Å². The van der Waals surface area contributed by atoms with Crippen molar-refractivity contribution in [3.8, 4) is 5.69 Å². The van der Waals surface area contributed by atoms with Crippen molar-refractivity contribution in [3.05, 3.63) is 101 Å². The number of pyridine rings is 2. The summed E-state index contributed by atoms with van der Waals surface area (Å²) in [6.07, 6.45) is 6.19. The number of nitrogens with one attached hydrogen (secondary N) is 1. The average Bonchev–Trinajstić information content (AvgIpc) is 2.73. The topological polar surface area (TPSA) is 64.0 Å². The second kappa shape index (κ2) is 9.18. The SMILES string of the molecule is C=C/C=C(\C=C)Nc1cc(=O)c2c(C)cc(C(=O)CCC)nc2n1-c1ccccc1. The lowest BCUT2D eigenvalue weighted by molar-refractivity contribution is 0.0977. The molecule has 3 rings (SSSR count). The van der Waals surface area contributed by atoms with Gasteiger partial charge in [0.05, 0.1) is 5.39 Å². The Balaban J connectivity index is 2.40. The zero-order chi connectivity index (χ0) is 21.7. The predicted molar refractivity (Wildman–Crippen MR) is 123 cm³/mol. The fourth-order valence-corrected chi connectivity index (χ4v) is 3.36. The number of carbonyl (C=O) groups excluding carboxylic acids is 1. The Kier molecular flexibility index (Phi) is 6.42. The van der Waals surface area contributed by atoms with Gasteiger partial charge in [-0.1, -0.05) is 44.4 Å². The molecule has 0 saturated carbocycles. The molecular weight excluding hydrogens is 374 g/mol. The van der Waals surface area contributed by atoms with Crippen molar-refractivity contribution < 1.29 is 4.79 Å². The molecule has 0 aliphatic rings. The molecule has 0 radical (unpaired) electrons. The molecule has 1 aromatic carbocycles. The van der Waals surface area contributed by atoms with Crippen LogP contribution in [0.5, 0.6) is 0 Å². The van der Waals surface area contributed by atoms with Crippen molar-refractivity contribution in [1.29, 1.82) is 0 Å². The summed E-state index contributed by atoms with van der Waals surface area (Å²) < 4.78 is 1.85. The summed E-state index contributed by atoms with van der Waals surface area (Å²) in [5, 5.41) is 3.72. The van der Waals surface area contributed by atoms with Gasteiger partial charge in [0, 0.05) is 23.9 Å². The summed E-state index contributed by atoms with van der Waals surface area (Å²) in [7, 11) is 0. The number of aromatic nitrogens is 2. The van der Waals surface area contributed by atoms with Gasteiger partial charge in [-0.25, -0.2) is 4.98 Å². The first kappa shape index (κ1) is 21.0. The highest BCUT2D eigenvalue weighted by Gasteiger charge is 2.17. The Morgan fingerprint density at radius 3 is 2.57 bits per heavy atom. The molecule has 0 amide bonds. The molecule has 0 bridgehead atoms. The number of aryl methyl sites for hydroxylation is 1. The lowest BCUT2D eigenvalue weighted by Gasteiger charge is -2.19. The molecule has 0 fully saturated rings. The molecule has 3 aromatic rings. The molecule has 5 nitrogen and oxygen atoms in total. The van der Waals surface area contributed by atoms with Crippen LogP contribution in [-0.4, -0.2) is 15.3 Å². The van der Waals surface area contributed by atoms with Crippen molar-refractivity contribution in [1.82, 2.24) is 9.55 Å². The van der Waals surface area contributed by atoms with E-state index in [0.717, 1.165) is 17.7 Å². The summed E-state index contributed by atoms with van der Waals surface area (Å²) in [6.45, 7) is 11.3. The molecule has 0 unspecified atom stereocenters. The molecule has 5 heteroatoms. The minimum absolute atomic E-state index is 0.0359. The van der Waals surface area contributed by atoms with E-state index in [2.05, 4.69) is 23.5 Å². The van der Waals surface area contributed by atoms with Gasteiger partial charge < -0.3 is 5.32 Å². The lowest BCUT2D eigenvalue weighted by Crippen LogP contribution is -2.17. The van der Waals surface area contributed by atoms with Crippen LogP contribution < -0.4 is 10.7 Å². The first-order chi connectivity index (χ1) is 14.5. The van der Waals surface area contributed by atoms with Gasteiger partial charge in [-0.15, -0.1) is 0 Å². The van der Waals surface area contributed by atoms with Crippen LogP contribution in [0.25, 0.3) is 16.7 Å². The number of nitrogens with zero attached hydrogens (tertiary/aromatic N) is 2.